The zero-order chi connectivity index (χ0) is 20.8. The predicted molar refractivity (Wildman–Crippen MR) is 112 cm³/mol. The Balaban J connectivity index is 1.39. The van der Waals surface area contributed by atoms with E-state index in [9.17, 15) is 9.59 Å². The van der Waals surface area contributed by atoms with Crippen LogP contribution in [-0.2, 0) is 0 Å². The van der Waals surface area contributed by atoms with Crippen LogP contribution in [0.2, 0.25) is 0 Å². The summed E-state index contributed by atoms with van der Waals surface area (Å²) in [6.45, 7) is 0. The minimum atomic E-state index is -0.974. The number of aromatic amines is 1. The molecule has 9 heteroatoms. The first-order valence-electron chi connectivity index (χ1n) is 10.0. The Labute approximate surface area is 172 Å². The van der Waals surface area contributed by atoms with Gasteiger partial charge >= 0.3 is 5.97 Å². The first-order valence-corrected chi connectivity index (χ1v) is 10.0. The highest BCUT2D eigenvalue weighted by molar-refractivity contribution is 6.06. The fourth-order valence-corrected chi connectivity index (χ4v) is 4.89. The van der Waals surface area contributed by atoms with Gasteiger partial charge in [0.05, 0.1) is 16.8 Å². The van der Waals surface area contributed by atoms with Crippen LogP contribution in [0.1, 0.15) is 46.4 Å². The molecule has 2 atom stereocenters. The molecule has 0 unspecified atom stereocenters. The van der Waals surface area contributed by atoms with Crippen LogP contribution in [-0.4, -0.2) is 50.1 Å². The molecule has 2 saturated heterocycles. The topological polar surface area (TPSA) is 137 Å². The number of carboxylic acids is 1. The van der Waals surface area contributed by atoms with Gasteiger partial charge in [-0.15, -0.1) is 0 Å². The Bertz CT molecular complexity index is 1110. The van der Waals surface area contributed by atoms with E-state index in [0.717, 1.165) is 42.6 Å². The van der Waals surface area contributed by atoms with Crippen molar-refractivity contribution < 1.29 is 14.7 Å². The molecule has 2 bridgehead atoms. The summed E-state index contributed by atoms with van der Waals surface area (Å²) in [5.41, 5.74) is 7.62. The summed E-state index contributed by atoms with van der Waals surface area (Å²) in [5, 5.41) is 13.5. The first-order chi connectivity index (χ1) is 14.5. The number of nitrogens with two attached hydrogens (primary N) is 1. The highest BCUT2D eigenvalue weighted by Crippen LogP contribution is 2.40. The van der Waals surface area contributed by atoms with E-state index < -0.39 is 11.9 Å². The van der Waals surface area contributed by atoms with Gasteiger partial charge in [0, 0.05) is 42.1 Å². The number of carbonyl (C=O) groups is 2. The lowest BCUT2D eigenvalue weighted by molar-refractivity contribution is 0.0696. The van der Waals surface area contributed by atoms with Crippen LogP contribution >= 0.6 is 0 Å². The van der Waals surface area contributed by atoms with E-state index in [-0.39, 0.29) is 11.6 Å². The maximum absolute atomic E-state index is 12.0. The third-order valence-electron chi connectivity index (χ3n) is 6.19. The smallest absolute Gasteiger partial charge is 0.337 e. The lowest BCUT2D eigenvalue weighted by Crippen LogP contribution is -2.47. The van der Waals surface area contributed by atoms with Gasteiger partial charge < -0.3 is 26.0 Å². The van der Waals surface area contributed by atoms with Crippen molar-refractivity contribution in [2.45, 2.75) is 43.8 Å². The number of fused-ring (bicyclic) bond motifs is 3. The highest BCUT2D eigenvalue weighted by Gasteiger charge is 2.41. The van der Waals surface area contributed by atoms with Crippen molar-refractivity contribution in [1.29, 1.82) is 0 Å². The molecule has 154 valence electrons. The normalized spacial score (nSPS) is 22.9. The fourth-order valence-electron chi connectivity index (χ4n) is 4.89. The van der Waals surface area contributed by atoms with Crippen molar-refractivity contribution in [2.24, 2.45) is 5.73 Å². The van der Waals surface area contributed by atoms with Gasteiger partial charge in [-0.2, -0.15) is 0 Å². The molecule has 9 nitrogen and oxygen atoms in total. The van der Waals surface area contributed by atoms with Gasteiger partial charge in [0.15, 0.2) is 0 Å². The number of piperidine rings is 1. The molecule has 2 fully saturated rings. The molecule has 5 heterocycles. The lowest BCUT2D eigenvalue weighted by atomic mass is 9.96. The number of hydrogen-bond acceptors (Lipinski definition) is 6. The summed E-state index contributed by atoms with van der Waals surface area (Å²) < 4.78 is 0. The summed E-state index contributed by atoms with van der Waals surface area (Å²) in [6, 6.07) is 6.10. The van der Waals surface area contributed by atoms with E-state index in [1.54, 1.807) is 18.3 Å². The predicted octanol–water partition coefficient (Wildman–Crippen LogP) is 2.37. The average molecular weight is 406 g/mol. The molecule has 0 spiro atoms. The highest BCUT2D eigenvalue weighted by atomic mass is 16.4. The number of amides is 1. The van der Waals surface area contributed by atoms with Crippen LogP contribution < -0.4 is 16.0 Å². The molecule has 30 heavy (non-hydrogen) atoms. The van der Waals surface area contributed by atoms with E-state index in [1.165, 1.54) is 12.4 Å². The monoisotopic (exact) mass is 406 g/mol. The Morgan fingerprint density at radius 2 is 1.90 bits per heavy atom. The zero-order valence-electron chi connectivity index (χ0n) is 16.2. The molecule has 0 aromatic carbocycles. The van der Waals surface area contributed by atoms with Gasteiger partial charge in [-0.05, 0) is 43.9 Å². The second-order valence-electron chi connectivity index (χ2n) is 7.97. The van der Waals surface area contributed by atoms with Gasteiger partial charge in [-0.25, -0.2) is 14.8 Å². The number of H-pyrrole nitrogens is 1. The fraction of sp³-hybridized carbons (Fsp3) is 0.333. The lowest BCUT2D eigenvalue weighted by Gasteiger charge is -2.40. The number of primary amides is 1. The van der Waals surface area contributed by atoms with Gasteiger partial charge in [-0.3, -0.25) is 4.79 Å². The van der Waals surface area contributed by atoms with E-state index in [4.69, 9.17) is 10.8 Å². The van der Waals surface area contributed by atoms with E-state index >= 15 is 0 Å². The molecular formula is C21H22N6O3. The molecule has 1 amide bonds. The number of carboxylic acid groups (broad SMARTS) is 1. The van der Waals surface area contributed by atoms with Gasteiger partial charge in [0.2, 0.25) is 0 Å². The number of aromatic nitrogens is 3. The van der Waals surface area contributed by atoms with Crippen molar-refractivity contribution in [3.8, 4) is 0 Å². The second kappa shape index (κ2) is 7.01. The number of nitrogens with one attached hydrogen (secondary N) is 2. The maximum Gasteiger partial charge on any atom is 0.337 e. The number of hydrogen-bond donors (Lipinski definition) is 4. The van der Waals surface area contributed by atoms with Crippen molar-refractivity contribution in [3.63, 3.8) is 0 Å². The summed E-state index contributed by atoms with van der Waals surface area (Å²) in [6.07, 6.45) is 8.64. The number of carbonyl (C=O) groups excluding carboxylic acids is 1. The molecule has 2 aliphatic rings. The molecule has 2 aliphatic heterocycles. The minimum Gasteiger partial charge on any atom is -0.478 e. The van der Waals surface area contributed by atoms with Crippen molar-refractivity contribution >= 4 is 34.4 Å². The van der Waals surface area contributed by atoms with Crippen molar-refractivity contribution in [3.05, 3.63) is 47.9 Å². The third kappa shape index (κ3) is 3.02. The summed E-state index contributed by atoms with van der Waals surface area (Å²) in [7, 11) is 0. The Hall–Kier alpha value is -3.62. The minimum absolute atomic E-state index is 0.190. The number of nitrogens with zero attached hydrogens (tertiary/aromatic N) is 3. The van der Waals surface area contributed by atoms with Crippen LogP contribution in [0.15, 0.2) is 36.8 Å². The van der Waals surface area contributed by atoms with Gasteiger partial charge in [0.25, 0.3) is 5.91 Å². The summed E-state index contributed by atoms with van der Waals surface area (Å²) >= 11 is 0. The Kier molecular flexibility index (Phi) is 4.30. The number of anilines is 2. The van der Waals surface area contributed by atoms with Crippen LogP contribution in [0.25, 0.3) is 11.0 Å². The largest absolute Gasteiger partial charge is 0.478 e. The molecule has 3 aromatic heterocycles. The maximum atomic E-state index is 12.0. The molecule has 0 saturated carbocycles. The molecule has 0 aliphatic carbocycles. The molecule has 0 radical (unpaired) electrons. The Morgan fingerprint density at radius 1 is 1.13 bits per heavy atom. The van der Waals surface area contributed by atoms with Crippen LogP contribution in [0.5, 0.6) is 0 Å². The van der Waals surface area contributed by atoms with Gasteiger partial charge in [-0.1, -0.05) is 0 Å². The average Bonchev–Trinajstić information content (AvgIpc) is 3.31. The molecule has 5 N–H and O–H groups in total. The molecule has 3 aromatic rings. The van der Waals surface area contributed by atoms with E-state index in [1.807, 2.05) is 6.07 Å². The van der Waals surface area contributed by atoms with Crippen LogP contribution in [0, 0.1) is 0 Å². The standard InChI is InChI=1S/C21H22N6O3/c22-19(28)16-10-25-20-15(5-6-23-20)18(16)26-12-7-13-2-3-14(8-12)27(13)17-4-1-11(9-24-17)21(29)30/h1,4-6,9-10,12-14H,2-3,7-8H2,(H2,22,28)(H,29,30)(H2,23,25,26)/t13-,14-/m0/s1. The van der Waals surface area contributed by atoms with Crippen LogP contribution in [0.3, 0.4) is 0 Å². The second-order valence-corrected chi connectivity index (χ2v) is 7.97. The molecule has 5 rings (SSSR count). The number of rotatable bonds is 5. The number of aromatic carboxylic acids is 1. The van der Waals surface area contributed by atoms with E-state index in [2.05, 4.69) is 25.2 Å². The zero-order valence-corrected chi connectivity index (χ0v) is 16.2. The van der Waals surface area contributed by atoms with E-state index in [0.29, 0.717) is 23.3 Å². The Morgan fingerprint density at radius 3 is 2.53 bits per heavy atom. The van der Waals surface area contributed by atoms with Crippen LogP contribution in [0.4, 0.5) is 11.5 Å². The quantitative estimate of drug-likeness (QED) is 0.510. The van der Waals surface area contributed by atoms with Crippen molar-refractivity contribution in [1.82, 2.24) is 15.0 Å². The summed E-state index contributed by atoms with van der Waals surface area (Å²) in [4.78, 5) is 37.1. The summed E-state index contributed by atoms with van der Waals surface area (Å²) in [5.74, 6) is -0.657. The van der Waals surface area contributed by atoms with Gasteiger partial charge in [0.1, 0.15) is 11.5 Å². The SMILES string of the molecule is NC(=O)c1cnc2[nH]ccc2c1NC1C[C@@H]2CC[C@@H](C1)N2c1ccc(C(=O)O)cn1. The third-order valence-corrected chi connectivity index (χ3v) is 6.19. The van der Waals surface area contributed by atoms with Crippen molar-refractivity contribution in [2.75, 3.05) is 10.2 Å². The number of pyridine rings is 2. The molecular weight excluding hydrogens is 384 g/mol. The first kappa shape index (κ1) is 18.4.